The fourth-order valence-corrected chi connectivity index (χ4v) is 10.3. The lowest BCUT2D eigenvalue weighted by Crippen LogP contribution is -2.51. The quantitative estimate of drug-likeness (QED) is 0.122. The third kappa shape index (κ3) is 4.80. The third-order valence-corrected chi connectivity index (χ3v) is 12.7. The lowest BCUT2D eigenvalue weighted by Gasteiger charge is -2.58. The summed E-state index contributed by atoms with van der Waals surface area (Å²) in [6, 6.07) is 9.54. The second kappa shape index (κ2) is 10.9. The summed E-state index contributed by atoms with van der Waals surface area (Å²) in [4.78, 5) is 26.1. The van der Waals surface area contributed by atoms with Crippen LogP contribution in [0.25, 0.3) is 0 Å². The standard InChI is InChI=1S/C34H44N4O3S/c1-19(37-38-31(41)28-29(35)30(20(2)39)42-32(28)36-22-8-6-5-7-9-22)25-12-13-26-24-11-10-21-18-23(40)14-16-33(21,3)27(24)15-17-34(25,26)4/h5-10,23-27,36,40H,11-18,35H2,1-4H3,(H,38,41)/b37-19+/t23-,24-,25+,26-,27-,33-,34+/m0/s1. The van der Waals surface area contributed by atoms with Crippen LogP contribution >= 0.6 is 11.3 Å². The SMILES string of the molecule is CC(=O)c1sc(Nc2ccccc2)c(C(=O)N/N=C(\C)[C@H]2CC[C@H]3[C@@H]4CC=C5C[C@@H](O)CC[C@]5(C)[C@H]4CC[C@]23C)c1N. The number of amides is 1. The van der Waals surface area contributed by atoms with E-state index in [4.69, 9.17) is 5.73 Å². The Kier molecular flexibility index (Phi) is 7.59. The van der Waals surface area contributed by atoms with Crippen LogP contribution in [0.2, 0.25) is 0 Å². The van der Waals surface area contributed by atoms with E-state index in [0.717, 1.165) is 43.5 Å². The number of rotatable bonds is 6. The summed E-state index contributed by atoms with van der Waals surface area (Å²) in [6.07, 6.45) is 10.9. The van der Waals surface area contributed by atoms with Crippen molar-refractivity contribution >= 4 is 45.1 Å². The summed E-state index contributed by atoms with van der Waals surface area (Å²) in [5, 5.41) is 18.8. The van der Waals surface area contributed by atoms with E-state index in [9.17, 15) is 14.7 Å². The maximum atomic E-state index is 13.5. The second-order valence-corrected chi connectivity index (χ2v) is 14.6. The van der Waals surface area contributed by atoms with Crippen LogP contribution in [0, 0.1) is 34.5 Å². The maximum absolute atomic E-state index is 13.5. The Bertz CT molecular complexity index is 1450. The van der Waals surface area contributed by atoms with Crippen molar-refractivity contribution in [3.63, 3.8) is 0 Å². The van der Waals surface area contributed by atoms with E-state index in [1.165, 1.54) is 43.1 Å². The van der Waals surface area contributed by atoms with Gasteiger partial charge in [0.25, 0.3) is 5.91 Å². The van der Waals surface area contributed by atoms with Crippen LogP contribution in [-0.2, 0) is 0 Å². The molecule has 0 spiro atoms. The molecular formula is C34H44N4O3S. The Labute approximate surface area is 253 Å². The number of nitrogens with two attached hydrogens (primary N) is 1. The summed E-state index contributed by atoms with van der Waals surface area (Å²) >= 11 is 1.20. The highest BCUT2D eigenvalue weighted by Gasteiger charge is 2.59. The minimum atomic E-state index is -0.408. The number of thiophene rings is 1. The Morgan fingerprint density at radius 3 is 2.55 bits per heavy atom. The minimum absolute atomic E-state index is 0.151. The number of aliphatic hydroxyl groups is 1. The lowest BCUT2D eigenvalue weighted by molar-refractivity contribution is -0.0423. The molecule has 5 N–H and O–H groups in total. The highest BCUT2D eigenvalue weighted by atomic mass is 32.1. The average Bonchev–Trinajstić information content (AvgIpc) is 3.49. The first-order valence-electron chi connectivity index (χ1n) is 15.5. The number of ketones is 1. The highest BCUT2D eigenvalue weighted by molar-refractivity contribution is 7.19. The molecule has 3 fully saturated rings. The molecule has 0 radical (unpaired) electrons. The molecule has 6 rings (SSSR count). The van der Waals surface area contributed by atoms with Crippen molar-refractivity contribution in [1.29, 1.82) is 0 Å². The topological polar surface area (TPSA) is 117 Å². The molecule has 8 heteroatoms. The zero-order valence-electron chi connectivity index (χ0n) is 25.2. The van der Waals surface area contributed by atoms with Crippen LogP contribution < -0.4 is 16.5 Å². The van der Waals surface area contributed by atoms with E-state index in [1.807, 2.05) is 30.3 Å². The molecule has 0 saturated heterocycles. The molecule has 1 heterocycles. The van der Waals surface area contributed by atoms with Crippen molar-refractivity contribution in [1.82, 2.24) is 5.43 Å². The number of nitrogens with zero attached hydrogens (tertiary/aromatic N) is 1. The number of Topliss-reactive ketones (excluding diaryl/α,β-unsaturated/α-hetero) is 1. The zero-order valence-corrected chi connectivity index (χ0v) is 26.0. The number of fused-ring (bicyclic) bond motifs is 5. The van der Waals surface area contributed by atoms with Gasteiger partial charge in [-0.05, 0) is 99.0 Å². The largest absolute Gasteiger partial charge is 0.397 e. The van der Waals surface area contributed by atoms with Crippen LogP contribution in [-0.4, -0.2) is 28.6 Å². The van der Waals surface area contributed by atoms with Crippen LogP contribution in [0.5, 0.6) is 0 Å². The normalized spacial score (nSPS) is 34.1. The number of carbonyl (C=O) groups excluding carboxylic acids is 2. The van der Waals surface area contributed by atoms with Crippen molar-refractivity contribution in [2.75, 3.05) is 11.1 Å². The first kappa shape index (κ1) is 29.1. The van der Waals surface area contributed by atoms with Gasteiger partial charge < -0.3 is 16.2 Å². The van der Waals surface area contributed by atoms with E-state index in [-0.39, 0.29) is 34.0 Å². The molecule has 7 atom stereocenters. The maximum Gasteiger partial charge on any atom is 0.276 e. The van der Waals surface area contributed by atoms with Crippen molar-refractivity contribution in [3.05, 3.63) is 52.4 Å². The van der Waals surface area contributed by atoms with E-state index >= 15 is 0 Å². The van der Waals surface area contributed by atoms with Crippen LogP contribution in [0.3, 0.4) is 0 Å². The van der Waals surface area contributed by atoms with E-state index in [2.05, 4.69) is 42.7 Å². The van der Waals surface area contributed by atoms with Crippen LogP contribution in [0.1, 0.15) is 99.1 Å². The molecule has 3 saturated carbocycles. The molecule has 2 aromatic rings. The van der Waals surface area contributed by atoms with Gasteiger partial charge in [0, 0.05) is 24.2 Å². The highest BCUT2D eigenvalue weighted by Crippen LogP contribution is 2.66. The first-order valence-corrected chi connectivity index (χ1v) is 16.3. The van der Waals surface area contributed by atoms with E-state index < -0.39 is 5.91 Å². The molecule has 4 aliphatic rings. The van der Waals surface area contributed by atoms with E-state index in [1.54, 1.807) is 0 Å². The number of anilines is 3. The van der Waals surface area contributed by atoms with Gasteiger partial charge >= 0.3 is 0 Å². The smallest absolute Gasteiger partial charge is 0.276 e. The molecule has 1 amide bonds. The molecule has 0 aliphatic heterocycles. The van der Waals surface area contributed by atoms with Crippen molar-refractivity contribution in [3.8, 4) is 0 Å². The molecule has 1 aromatic carbocycles. The van der Waals surface area contributed by atoms with Gasteiger partial charge in [0.2, 0.25) is 0 Å². The van der Waals surface area contributed by atoms with Gasteiger partial charge in [-0.3, -0.25) is 9.59 Å². The molecule has 1 aromatic heterocycles. The molecule has 224 valence electrons. The van der Waals surface area contributed by atoms with Gasteiger partial charge in [0.1, 0.15) is 5.00 Å². The van der Waals surface area contributed by atoms with Crippen molar-refractivity contribution in [2.24, 2.45) is 39.6 Å². The monoisotopic (exact) mass is 588 g/mol. The Morgan fingerprint density at radius 1 is 1.05 bits per heavy atom. The Balaban J connectivity index is 1.20. The number of benzene rings is 1. The van der Waals surface area contributed by atoms with Gasteiger partial charge in [-0.25, -0.2) is 5.43 Å². The van der Waals surface area contributed by atoms with Crippen LogP contribution in [0.4, 0.5) is 16.4 Å². The van der Waals surface area contributed by atoms with Crippen molar-refractivity contribution < 1.29 is 14.7 Å². The molecule has 42 heavy (non-hydrogen) atoms. The van der Waals surface area contributed by atoms with Gasteiger partial charge in [0.05, 0.1) is 22.2 Å². The summed E-state index contributed by atoms with van der Waals surface area (Å²) in [6.45, 7) is 8.43. The number of nitrogen functional groups attached to an aromatic ring is 1. The minimum Gasteiger partial charge on any atom is -0.397 e. The van der Waals surface area contributed by atoms with E-state index in [0.29, 0.717) is 33.5 Å². The average molecular weight is 589 g/mol. The third-order valence-electron chi connectivity index (χ3n) is 11.4. The number of nitrogens with one attached hydrogen (secondary N) is 2. The predicted molar refractivity (Wildman–Crippen MR) is 170 cm³/mol. The van der Waals surface area contributed by atoms with Gasteiger partial charge in [0.15, 0.2) is 5.78 Å². The number of hydrogen-bond acceptors (Lipinski definition) is 7. The number of aliphatic hydroxyl groups excluding tert-OH is 1. The molecule has 0 bridgehead atoms. The number of para-hydroxylation sites is 1. The summed E-state index contributed by atoms with van der Waals surface area (Å²) in [7, 11) is 0. The molecule has 4 aliphatic carbocycles. The fraction of sp³-hybridized carbons (Fsp3) is 0.559. The predicted octanol–water partition coefficient (Wildman–Crippen LogP) is 7.32. The number of allylic oxidation sites excluding steroid dienone is 1. The van der Waals surface area contributed by atoms with Crippen LogP contribution in [0.15, 0.2) is 47.1 Å². The Morgan fingerprint density at radius 2 is 1.81 bits per heavy atom. The first-order chi connectivity index (χ1) is 20.0. The molecule has 7 nitrogen and oxygen atoms in total. The molecular weight excluding hydrogens is 544 g/mol. The van der Waals surface area contributed by atoms with Crippen molar-refractivity contribution in [2.45, 2.75) is 85.2 Å². The number of carbonyl (C=O) groups is 2. The summed E-state index contributed by atoms with van der Waals surface area (Å²) in [5.74, 6) is 1.72. The zero-order chi connectivity index (χ0) is 29.8. The van der Waals surface area contributed by atoms with Gasteiger partial charge in [-0.1, -0.05) is 43.7 Å². The fourth-order valence-electron chi connectivity index (χ4n) is 9.27. The van der Waals surface area contributed by atoms with Gasteiger partial charge in [-0.2, -0.15) is 5.10 Å². The number of hydrogen-bond donors (Lipinski definition) is 4. The summed E-state index contributed by atoms with van der Waals surface area (Å²) in [5.41, 5.74) is 13.3. The number of hydrazone groups is 1. The summed E-state index contributed by atoms with van der Waals surface area (Å²) < 4.78 is 0. The Hall–Kier alpha value is -2.97. The lowest BCUT2D eigenvalue weighted by atomic mass is 9.47. The second-order valence-electron chi connectivity index (χ2n) is 13.6. The molecule has 0 unspecified atom stereocenters. The van der Waals surface area contributed by atoms with Gasteiger partial charge in [-0.15, -0.1) is 11.3 Å².